The molecule has 0 saturated carbocycles. The predicted molar refractivity (Wildman–Crippen MR) is 140 cm³/mol. The first kappa shape index (κ1) is 27.4. The van der Waals surface area contributed by atoms with Gasteiger partial charge in [-0.2, -0.15) is 0 Å². The summed E-state index contributed by atoms with van der Waals surface area (Å²) in [5.74, 6) is -3.93. The van der Waals surface area contributed by atoms with Crippen LogP contribution >= 0.6 is 11.8 Å². The molecule has 37 heavy (non-hydrogen) atoms. The van der Waals surface area contributed by atoms with Gasteiger partial charge in [-0.1, -0.05) is 60.3 Å². The van der Waals surface area contributed by atoms with E-state index in [2.05, 4.69) is 15.6 Å². The van der Waals surface area contributed by atoms with Crippen molar-refractivity contribution in [3.05, 3.63) is 96.3 Å². The highest BCUT2D eigenvalue weighted by molar-refractivity contribution is 8.14. The van der Waals surface area contributed by atoms with Gasteiger partial charge in [0.05, 0.1) is 5.92 Å². The van der Waals surface area contributed by atoms with Crippen LogP contribution in [0.15, 0.2) is 85.2 Å². The second kappa shape index (κ2) is 13.2. The zero-order valence-electron chi connectivity index (χ0n) is 19.9. The molecule has 1 aromatic heterocycles. The third kappa shape index (κ3) is 8.18. The minimum atomic E-state index is -2.08. The molecular formula is C27H27N3O6S. The van der Waals surface area contributed by atoms with E-state index in [0.717, 1.165) is 17.3 Å². The topological polar surface area (TPSA) is 146 Å². The van der Waals surface area contributed by atoms with E-state index in [4.69, 9.17) is 0 Å². The normalized spacial score (nSPS) is 13.1. The van der Waals surface area contributed by atoms with Crippen LogP contribution in [0.2, 0.25) is 0 Å². The van der Waals surface area contributed by atoms with Crippen LogP contribution in [0, 0.1) is 5.92 Å². The van der Waals surface area contributed by atoms with Crippen molar-refractivity contribution in [2.45, 2.75) is 24.9 Å². The lowest BCUT2D eigenvalue weighted by Crippen LogP contribution is -2.61. The number of hydrogen-bond donors (Lipinski definition) is 4. The third-order valence-electron chi connectivity index (χ3n) is 5.57. The fourth-order valence-electron chi connectivity index (χ4n) is 3.62. The maximum absolute atomic E-state index is 13.6. The minimum Gasteiger partial charge on any atom is -0.481 e. The van der Waals surface area contributed by atoms with Crippen molar-refractivity contribution in [2.75, 3.05) is 11.1 Å². The summed E-state index contributed by atoms with van der Waals surface area (Å²) in [5.41, 5.74) is -0.406. The molecule has 0 aliphatic carbocycles. The molecule has 4 N–H and O–H groups in total. The molecule has 1 heterocycles. The quantitative estimate of drug-likeness (QED) is 0.247. The summed E-state index contributed by atoms with van der Waals surface area (Å²) in [6, 6.07) is 20.7. The first-order valence-corrected chi connectivity index (χ1v) is 12.5. The summed E-state index contributed by atoms with van der Waals surface area (Å²) >= 11 is 0.952. The number of carboxylic acids is 2. The Morgan fingerprint density at radius 1 is 0.892 bits per heavy atom. The van der Waals surface area contributed by atoms with Gasteiger partial charge in [0.2, 0.25) is 16.7 Å². The first-order valence-electron chi connectivity index (χ1n) is 11.5. The molecular weight excluding hydrogens is 494 g/mol. The van der Waals surface area contributed by atoms with Gasteiger partial charge in [-0.25, -0.2) is 4.79 Å². The zero-order valence-corrected chi connectivity index (χ0v) is 20.7. The Kier molecular flexibility index (Phi) is 9.79. The fraction of sp³-hybridized carbons (Fsp3) is 0.222. The van der Waals surface area contributed by atoms with Gasteiger partial charge in [-0.05, 0) is 36.2 Å². The lowest BCUT2D eigenvalue weighted by atomic mass is 9.97. The Labute approximate surface area is 218 Å². The zero-order chi connectivity index (χ0) is 26.7. The molecule has 0 saturated heterocycles. The average Bonchev–Trinajstić information content (AvgIpc) is 2.91. The summed E-state index contributed by atoms with van der Waals surface area (Å²) in [7, 11) is 0. The summed E-state index contributed by atoms with van der Waals surface area (Å²) in [6.45, 7) is 0. The van der Waals surface area contributed by atoms with E-state index in [1.807, 2.05) is 30.3 Å². The standard InChI is InChI=1S/C27H27N3O6S/c31-23(32)11-14-27(26(35)36,29-22-9-5-2-6-10-22)30-24(33)21(17-19-7-3-1-4-8-19)18-37-25(34)20-12-15-28-16-13-20/h1-10,12-13,15-16,21,29H,11,14,17-18H2,(H,30,33)(H,31,32)(H,35,36)/t21?,27-/m0/s1. The van der Waals surface area contributed by atoms with Crippen molar-refractivity contribution in [1.82, 2.24) is 10.3 Å². The SMILES string of the molecule is O=C(O)CC[C@@](NC(=O)C(CSC(=O)c1ccncc1)Cc1ccccc1)(Nc1ccccc1)C(=O)O. The van der Waals surface area contributed by atoms with Gasteiger partial charge in [0.15, 0.2) is 0 Å². The van der Waals surface area contributed by atoms with Crippen molar-refractivity contribution in [1.29, 1.82) is 0 Å². The maximum atomic E-state index is 13.6. The molecule has 1 amide bonds. The van der Waals surface area contributed by atoms with E-state index < -0.39 is 42.3 Å². The third-order valence-corrected chi connectivity index (χ3v) is 6.64. The smallest absolute Gasteiger partial charge is 0.350 e. The van der Waals surface area contributed by atoms with E-state index in [-0.39, 0.29) is 17.3 Å². The van der Waals surface area contributed by atoms with E-state index in [1.54, 1.807) is 42.5 Å². The second-order valence-electron chi connectivity index (χ2n) is 8.31. The highest BCUT2D eigenvalue weighted by Crippen LogP contribution is 2.23. The molecule has 0 radical (unpaired) electrons. The lowest BCUT2D eigenvalue weighted by molar-refractivity contribution is -0.148. The number of thioether (sulfide) groups is 1. The fourth-order valence-corrected chi connectivity index (χ4v) is 4.54. The van der Waals surface area contributed by atoms with Crippen LogP contribution < -0.4 is 10.6 Å². The van der Waals surface area contributed by atoms with E-state index in [9.17, 15) is 29.4 Å². The first-order chi connectivity index (χ1) is 17.8. The van der Waals surface area contributed by atoms with Crippen LogP contribution in [0.25, 0.3) is 0 Å². The Morgan fingerprint density at radius 3 is 2.11 bits per heavy atom. The number of nitrogens with zero attached hydrogens (tertiary/aromatic N) is 1. The molecule has 2 aromatic carbocycles. The van der Waals surface area contributed by atoms with E-state index >= 15 is 0 Å². The van der Waals surface area contributed by atoms with Crippen LogP contribution in [-0.4, -0.2) is 49.6 Å². The number of para-hydroxylation sites is 1. The molecule has 3 aromatic rings. The number of hydrogen-bond acceptors (Lipinski definition) is 7. The summed E-state index contributed by atoms with van der Waals surface area (Å²) in [6.07, 6.45) is 2.36. The number of carbonyl (C=O) groups excluding carboxylic acids is 2. The summed E-state index contributed by atoms with van der Waals surface area (Å²) in [4.78, 5) is 53.9. The minimum absolute atomic E-state index is 0.0852. The molecule has 1 unspecified atom stereocenters. The summed E-state index contributed by atoms with van der Waals surface area (Å²) < 4.78 is 0. The maximum Gasteiger partial charge on any atom is 0.350 e. The van der Waals surface area contributed by atoms with E-state index in [0.29, 0.717) is 11.3 Å². The molecule has 192 valence electrons. The highest BCUT2D eigenvalue weighted by Gasteiger charge is 2.42. The van der Waals surface area contributed by atoms with Crippen molar-refractivity contribution in [2.24, 2.45) is 5.92 Å². The van der Waals surface area contributed by atoms with Gasteiger partial charge in [0.25, 0.3) is 0 Å². The lowest BCUT2D eigenvalue weighted by Gasteiger charge is -2.33. The highest BCUT2D eigenvalue weighted by atomic mass is 32.2. The Morgan fingerprint density at radius 2 is 1.51 bits per heavy atom. The number of pyridine rings is 1. The number of aromatic nitrogens is 1. The number of carboxylic acid groups (broad SMARTS) is 2. The Hall–Kier alpha value is -4.18. The van der Waals surface area contributed by atoms with Crippen molar-refractivity contribution >= 4 is 40.4 Å². The molecule has 3 rings (SSSR count). The Balaban J connectivity index is 1.86. The van der Waals surface area contributed by atoms with Crippen LogP contribution in [0.1, 0.15) is 28.8 Å². The van der Waals surface area contributed by atoms with Crippen LogP contribution in [0.3, 0.4) is 0 Å². The van der Waals surface area contributed by atoms with Gasteiger partial charge >= 0.3 is 11.9 Å². The monoisotopic (exact) mass is 521 g/mol. The number of nitrogens with one attached hydrogen (secondary N) is 2. The molecule has 0 aliphatic heterocycles. The Bertz CT molecular complexity index is 1210. The van der Waals surface area contributed by atoms with Gasteiger partial charge < -0.3 is 20.8 Å². The number of amides is 1. The number of benzene rings is 2. The average molecular weight is 522 g/mol. The molecule has 0 spiro atoms. The largest absolute Gasteiger partial charge is 0.481 e. The molecule has 10 heteroatoms. The van der Waals surface area contributed by atoms with Gasteiger partial charge in [0.1, 0.15) is 0 Å². The number of aliphatic carboxylic acids is 2. The van der Waals surface area contributed by atoms with Crippen LogP contribution in [0.4, 0.5) is 5.69 Å². The molecule has 0 aliphatic rings. The number of carbonyl (C=O) groups is 4. The molecule has 9 nitrogen and oxygen atoms in total. The molecule has 0 fully saturated rings. The van der Waals surface area contributed by atoms with Crippen molar-refractivity contribution in [3.8, 4) is 0 Å². The van der Waals surface area contributed by atoms with Gasteiger partial charge in [-0.15, -0.1) is 0 Å². The molecule has 0 bridgehead atoms. The second-order valence-corrected chi connectivity index (χ2v) is 9.30. The predicted octanol–water partition coefficient (Wildman–Crippen LogP) is 3.69. The van der Waals surface area contributed by atoms with E-state index in [1.165, 1.54) is 12.4 Å². The number of anilines is 1. The number of rotatable bonds is 13. The van der Waals surface area contributed by atoms with Crippen LogP contribution in [-0.2, 0) is 20.8 Å². The summed E-state index contributed by atoms with van der Waals surface area (Å²) in [5, 5.41) is 24.5. The van der Waals surface area contributed by atoms with Crippen LogP contribution in [0.5, 0.6) is 0 Å². The van der Waals surface area contributed by atoms with Gasteiger partial charge in [0, 0.05) is 42.2 Å². The van der Waals surface area contributed by atoms with Crippen molar-refractivity contribution < 1.29 is 29.4 Å². The van der Waals surface area contributed by atoms with Gasteiger partial charge in [-0.3, -0.25) is 19.4 Å². The molecule has 2 atom stereocenters. The van der Waals surface area contributed by atoms with Crippen molar-refractivity contribution in [3.63, 3.8) is 0 Å².